The van der Waals surface area contributed by atoms with E-state index >= 15 is 0 Å². The third-order valence-corrected chi connectivity index (χ3v) is 16.0. The molecule has 0 saturated carbocycles. The molecular weight excluding hydrogens is 1170 g/mol. The molecular formula is C71H105BN12NaO7. The fraction of sp³-hybridized carbons (Fsp3) is 0.507. The van der Waals surface area contributed by atoms with Crippen molar-refractivity contribution in [2.45, 2.75) is 137 Å². The van der Waals surface area contributed by atoms with E-state index < -0.39 is 29.3 Å². The van der Waals surface area contributed by atoms with Gasteiger partial charge < -0.3 is 58.3 Å². The summed E-state index contributed by atoms with van der Waals surface area (Å²) in [6.07, 6.45) is 14.6. The van der Waals surface area contributed by atoms with Crippen LogP contribution < -0.4 is 57.0 Å². The molecule has 5 heterocycles. The summed E-state index contributed by atoms with van der Waals surface area (Å²) in [5.74, 6) is -1.33. The number of anilines is 4. The van der Waals surface area contributed by atoms with Crippen molar-refractivity contribution in [3.63, 3.8) is 0 Å². The minimum atomic E-state index is -1.54. The van der Waals surface area contributed by atoms with Crippen LogP contribution in [0.25, 0.3) is 5.70 Å². The second-order valence-electron chi connectivity index (χ2n) is 26.1. The molecule has 5 atom stereocenters. The number of benzene rings is 3. The number of carbonyl (C=O) groups is 5. The van der Waals surface area contributed by atoms with Crippen molar-refractivity contribution < 1.29 is 64.8 Å². The van der Waals surface area contributed by atoms with Gasteiger partial charge in [-0.3, -0.25) is 19.3 Å². The maximum absolute atomic E-state index is 13.2. The van der Waals surface area contributed by atoms with Crippen LogP contribution in [0.2, 0.25) is 0 Å². The van der Waals surface area contributed by atoms with Gasteiger partial charge in [0.05, 0.1) is 35.5 Å². The molecule has 8 rings (SSSR count). The number of nitrogens with one attached hydrogen (secondary N) is 3. The third kappa shape index (κ3) is 26.8. The number of carboxylic acids is 1. The molecule has 495 valence electrons. The molecule has 5 aromatic rings. The number of hydrogen-bond acceptors (Lipinski definition) is 14. The summed E-state index contributed by atoms with van der Waals surface area (Å²) < 4.78 is 5.63. The van der Waals surface area contributed by atoms with Gasteiger partial charge in [-0.2, -0.15) is 0 Å². The normalized spacial score (nSPS) is 17.8. The van der Waals surface area contributed by atoms with Crippen LogP contribution in [0.4, 0.5) is 27.8 Å². The number of amides is 4. The summed E-state index contributed by atoms with van der Waals surface area (Å²) in [6.45, 7) is 21.7. The Hall–Kier alpha value is -6.65. The molecule has 0 bridgehead atoms. The molecule has 3 radical (unpaired) electrons. The van der Waals surface area contributed by atoms with Crippen LogP contribution in [0.5, 0.6) is 0 Å². The van der Waals surface area contributed by atoms with Crippen molar-refractivity contribution in [3.05, 3.63) is 148 Å². The number of likely N-dealkylation sites (tertiary alicyclic amines) is 1. The minimum Gasteiger partial charge on any atom is -1.00 e. The van der Waals surface area contributed by atoms with E-state index in [2.05, 4.69) is 176 Å². The zero-order chi connectivity index (χ0) is 66.2. The van der Waals surface area contributed by atoms with Gasteiger partial charge in [-0.05, 0) is 214 Å². The van der Waals surface area contributed by atoms with Crippen molar-refractivity contribution in [3.8, 4) is 0 Å². The molecule has 3 aliphatic heterocycles. The molecule has 2 saturated heterocycles. The first-order valence-electron chi connectivity index (χ1n) is 31.9. The van der Waals surface area contributed by atoms with Crippen molar-refractivity contribution in [1.82, 2.24) is 39.8 Å². The predicted octanol–water partition coefficient (Wildman–Crippen LogP) is 7.51. The van der Waals surface area contributed by atoms with E-state index in [4.69, 9.17) is 21.3 Å². The molecule has 0 unspecified atom stereocenters. The Balaban J connectivity index is 0.000000434. The minimum absolute atomic E-state index is 0. The summed E-state index contributed by atoms with van der Waals surface area (Å²) >= 11 is 0. The van der Waals surface area contributed by atoms with E-state index in [1.165, 1.54) is 47.5 Å². The van der Waals surface area contributed by atoms with Crippen LogP contribution in [-0.2, 0) is 56.0 Å². The van der Waals surface area contributed by atoms with E-state index in [9.17, 15) is 24.0 Å². The van der Waals surface area contributed by atoms with Crippen molar-refractivity contribution >= 4 is 66.9 Å². The van der Waals surface area contributed by atoms with Crippen LogP contribution in [0.15, 0.2) is 103 Å². The van der Waals surface area contributed by atoms with Crippen molar-refractivity contribution in [1.29, 1.82) is 0 Å². The maximum Gasteiger partial charge on any atom is 1.00 e. The Morgan fingerprint density at radius 2 is 1.15 bits per heavy atom. The molecule has 21 heteroatoms. The van der Waals surface area contributed by atoms with Crippen LogP contribution in [-0.4, -0.2) is 165 Å². The van der Waals surface area contributed by atoms with E-state index in [0.29, 0.717) is 66.8 Å². The molecule has 92 heavy (non-hydrogen) atoms. The Morgan fingerprint density at radius 1 is 0.663 bits per heavy atom. The Labute approximate surface area is 574 Å². The Kier molecular flexibility index (Phi) is 33.9. The molecule has 2 aromatic heterocycles. The second-order valence-corrected chi connectivity index (χ2v) is 26.1. The topological polar surface area (TPSA) is 245 Å². The van der Waals surface area contributed by atoms with Gasteiger partial charge in [-0.15, -0.1) is 0 Å². The predicted molar refractivity (Wildman–Crippen MR) is 371 cm³/mol. The van der Waals surface area contributed by atoms with E-state index in [0.717, 1.165) is 98.6 Å². The number of nitrogens with two attached hydrogens (primary N) is 2. The van der Waals surface area contributed by atoms with Gasteiger partial charge in [0, 0.05) is 47.2 Å². The molecule has 0 spiro atoms. The number of carbonyl (C=O) groups excluding carboxylic acids is 4. The number of aliphatic carboxylic acids is 1. The molecule has 2 fully saturated rings. The number of ether oxygens (including phenoxy) is 1. The average molecular weight is 1270 g/mol. The number of aryl methyl sites for hydroxylation is 2. The van der Waals surface area contributed by atoms with E-state index in [1.807, 2.05) is 40.7 Å². The number of nitrogen functional groups attached to an aromatic ring is 2. The van der Waals surface area contributed by atoms with E-state index in [1.54, 1.807) is 21.9 Å². The number of piperidine rings is 2. The summed E-state index contributed by atoms with van der Waals surface area (Å²) in [5.41, 5.74) is 22.0. The quantitative estimate of drug-likeness (QED) is 0.0414. The average Bonchev–Trinajstić information content (AvgIpc) is 1.20. The standard InChI is InChI=1S/C25H35N5O2.C21H32N2O2.C16H26N2.C9H11N3O3.B.Na.H/c1-5-19-14-21(15-27-23(19)26)28-24(31)25(32)30-16-17(2)9-10-22(30)20-8-6-7-18(13-20)11-12-29(3)4;1-16-10-11-19(23(15-16)20(24)25-21(2,3)4)18-9-7-8-17(14-18)12-13-22(5)6;1-13-7-8-16(17-12-13)15-6-4-5-14(11-15)9-10-18(2)3;1-2-5-3-6(4-11-7(5)10)12-8(13)9(14)15;;;/h6-8,13-15,17,22H,5,9-12,16H2,1-4H3,(H2,26,27)(H,28,31);7-9,11,14,16H,10,12-13,15H2,1-6H3;4-6,11,13,16-17H,7-10,12H2,1-3H3;3-4H,2H2,1H3,(H2,10,11)(H,12,13)(H,14,15);;;/q;;;;;+1;-1/t17-,22+;16-;13-,16+;;;;/m000..../s1. The fourth-order valence-corrected chi connectivity index (χ4v) is 10.8. The first-order valence-corrected chi connectivity index (χ1v) is 31.9. The third-order valence-electron chi connectivity index (χ3n) is 16.0. The maximum atomic E-state index is 13.2. The van der Waals surface area contributed by atoms with Gasteiger partial charge >= 0.3 is 59.3 Å². The molecule has 3 aromatic carbocycles. The van der Waals surface area contributed by atoms with Crippen molar-refractivity contribution in [2.75, 3.05) is 104 Å². The van der Waals surface area contributed by atoms with Crippen LogP contribution in [0.3, 0.4) is 0 Å². The van der Waals surface area contributed by atoms with Gasteiger partial charge in [0.2, 0.25) is 0 Å². The molecule has 19 nitrogen and oxygen atoms in total. The SMILES string of the molecule is CCc1cc(NC(=O)C(=O)N2C[C@@H](C)CC[C@@H]2c2cccc(CCN(C)C)c2)cnc1N.CCc1cc(NC(=O)C(=O)O)cnc1N.C[C@H]1CC=C(c2cccc(CCN(C)C)c2)N(C(=O)OC(C)(C)C)C1.C[C@H]1CC[C@H](c2cccc(CCN(C)C)c2)NC1.[B].[H-].[Na+]. The van der Waals surface area contributed by atoms with Gasteiger partial charge in [-0.1, -0.05) is 107 Å². The summed E-state index contributed by atoms with van der Waals surface area (Å²) in [4.78, 5) is 77.9. The molecule has 0 aliphatic carbocycles. The largest absolute Gasteiger partial charge is 1.00 e. The number of rotatable bonds is 16. The molecule has 8 N–H and O–H groups in total. The summed E-state index contributed by atoms with van der Waals surface area (Å²) in [5, 5.41) is 16.9. The zero-order valence-electron chi connectivity index (χ0n) is 58.8. The second kappa shape index (κ2) is 39.1. The Morgan fingerprint density at radius 3 is 1.64 bits per heavy atom. The fourth-order valence-electron chi connectivity index (χ4n) is 10.8. The number of likely N-dealkylation sites (N-methyl/N-ethyl adjacent to an activating group) is 3. The van der Waals surface area contributed by atoms with Gasteiger partial charge in [-0.25, -0.2) is 19.6 Å². The smallest absolute Gasteiger partial charge is 1.00 e. The number of carboxylic acid groups (broad SMARTS) is 1. The molecule has 4 amide bonds. The van der Waals surface area contributed by atoms with Crippen molar-refractivity contribution in [2.24, 2.45) is 17.8 Å². The van der Waals surface area contributed by atoms with Gasteiger partial charge in [0.1, 0.15) is 17.2 Å². The number of nitrogens with zero attached hydrogens (tertiary/aromatic N) is 7. The van der Waals surface area contributed by atoms with Crippen LogP contribution >= 0.6 is 0 Å². The zero-order valence-corrected chi connectivity index (χ0v) is 59.8. The first-order chi connectivity index (χ1) is 42.6. The van der Waals surface area contributed by atoms with Crippen LogP contribution in [0.1, 0.15) is 146 Å². The number of hydrogen-bond donors (Lipinski definition) is 6. The number of pyridine rings is 2. The number of aromatic nitrogens is 2. The van der Waals surface area contributed by atoms with Gasteiger partial charge in [0.25, 0.3) is 0 Å². The van der Waals surface area contributed by atoms with E-state index in [-0.39, 0.29) is 51.5 Å². The van der Waals surface area contributed by atoms with Gasteiger partial charge in [0.15, 0.2) is 0 Å². The Bertz CT molecular complexity index is 3190. The summed E-state index contributed by atoms with van der Waals surface area (Å²) in [6, 6.07) is 29.9. The van der Waals surface area contributed by atoms with Crippen LogP contribution in [0, 0.1) is 17.8 Å². The molecule has 3 aliphatic rings. The summed E-state index contributed by atoms with van der Waals surface area (Å²) in [7, 11) is 12.6. The monoisotopic (exact) mass is 1270 g/mol. The number of allylic oxidation sites excluding steroid dienone is 1. The first kappa shape index (κ1) is 79.6.